The Morgan fingerprint density at radius 3 is 2.72 bits per heavy atom. The van der Waals surface area contributed by atoms with Crippen molar-refractivity contribution in [1.29, 1.82) is 0 Å². The van der Waals surface area contributed by atoms with Crippen molar-refractivity contribution in [1.82, 2.24) is 0 Å². The van der Waals surface area contributed by atoms with Crippen molar-refractivity contribution in [3.05, 3.63) is 70.1 Å². The number of hydrogen-bond donors (Lipinski definition) is 0. The average Bonchev–Trinajstić information content (AvgIpc) is 2.64. The summed E-state index contributed by atoms with van der Waals surface area (Å²) in [5, 5.41) is 0.789. The zero-order chi connectivity index (χ0) is 17.6. The first-order valence-electron chi connectivity index (χ1n) is 7.66. The lowest BCUT2D eigenvalue weighted by molar-refractivity contribution is 0.369. The van der Waals surface area contributed by atoms with E-state index in [0.29, 0.717) is 17.1 Å². The van der Waals surface area contributed by atoms with Crippen LogP contribution in [-0.2, 0) is 0 Å². The topological polar surface area (TPSA) is 48.7 Å². The summed E-state index contributed by atoms with van der Waals surface area (Å²) in [6.07, 6.45) is 8.97. The summed E-state index contributed by atoms with van der Waals surface area (Å²) in [6.45, 7) is 0.194. The van der Waals surface area contributed by atoms with Crippen molar-refractivity contribution in [3.8, 4) is 23.8 Å². The predicted molar refractivity (Wildman–Crippen MR) is 98.7 cm³/mol. The summed E-state index contributed by atoms with van der Waals surface area (Å²) in [6, 6.07) is 14.3. The Hall–Kier alpha value is -3.45. The Labute approximate surface area is 145 Å². The minimum atomic E-state index is -0.408. The van der Waals surface area contributed by atoms with Gasteiger partial charge in [0.25, 0.3) is 0 Å². The van der Waals surface area contributed by atoms with Gasteiger partial charge < -0.3 is 13.9 Å². The summed E-state index contributed by atoms with van der Waals surface area (Å²) in [4.78, 5) is 11.8. The molecule has 0 aliphatic heterocycles. The summed E-state index contributed by atoms with van der Waals surface area (Å²) in [5.41, 5.74) is 1.69. The van der Waals surface area contributed by atoms with Gasteiger partial charge in [0.05, 0.1) is 7.11 Å². The quantitative estimate of drug-likeness (QED) is 0.524. The normalized spacial score (nSPS) is 10.7. The number of fused-ring (bicyclic) bond motifs is 1. The number of ether oxygens (including phenoxy) is 2. The fourth-order valence-corrected chi connectivity index (χ4v) is 2.48. The van der Waals surface area contributed by atoms with Crippen molar-refractivity contribution in [2.24, 2.45) is 0 Å². The predicted octanol–water partition coefficient (Wildman–Crippen LogP) is 3.98. The highest BCUT2D eigenvalue weighted by Crippen LogP contribution is 2.26. The zero-order valence-electron chi connectivity index (χ0n) is 13.7. The molecule has 2 aromatic carbocycles. The molecule has 4 heteroatoms. The highest BCUT2D eigenvalue weighted by Gasteiger charge is 2.06. The Bertz CT molecular complexity index is 1020. The molecular weight excluding hydrogens is 316 g/mol. The van der Waals surface area contributed by atoms with Crippen LogP contribution < -0.4 is 15.1 Å². The van der Waals surface area contributed by atoms with Crippen molar-refractivity contribution in [2.45, 2.75) is 0 Å². The van der Waals surface area contributed by atoms with Gasteiger partial charge >= 0.3 is 5.63 Å². The van der Waals surface area contributed by atoms with E-state index in [0.717, 1.165) is 16.5 Å². The third kappa shape index (κ3) is 3.73. The lowest BCUT2D eigenvalue weighted by Crippen LogP contribution is -1.98. The first kappa shape index (κ1) is 16.4. The van der Waals surface area contributed by atoms with Gasteiger partial charge in [-0.05, 0) is 29.8 Å². The average molecular weight is 332 g/mol. The molecule has 1 aromatic heterocycles. The standard InChI is InChI=1S/C21H16O4/c1-3-12-24-19-7-5-4-6-15(19)8-9-16-13-21(22)25-20-11-10-17(23-2)14-18(16)20/h1,4-11,13-14H,12H2,2H3/b9-8+. The largest absolute Gasteiger partial charge is 0.497 e. The fraction of sp³-hybridized carbons (Fsp3) is 0.0952. The van der Waals surface area contributed by atoms with E-state index in [9.17, 15) is 4.79 Å². The molecular formula is C21H16O4. The first-order chi connectivity index (χ1) is 12.2. The molecule has 0 aliphatic carbocycles. The first-order valence-corrected chi connectivity index (χ1v) is 7.66. The molecule has 0 aliphatic rings. The second-order valence-electron chi connectivity index (χ2n) is 5.25. The summed E-state index contributed by atoms with van der Waals surface area (Å²) in [5.74, 6) is 3.82. The fourth-order valence-electron chi connectivity index (χ4n) is 2.48. The van der Waals surface area contributed by atoms with Gasteiger partial charge in [-0.25, -0.2) is 4.79 Å². The second kappa shape index (κ2) is 7.41. The maximum absolute atomic E-state index is 11.8. The van der Waals surface area contributed by atoms with E-state index in [1.165, 1.54) is 6.07 Å². The van der Waals surface area contributed by atoms with Gasteiger partial charge in [0.1, 0.15) is 23.7 Å². The van der Waals surface area contributed by atoms with Crippen molar-refractivity contribution < 1.29 is 13.9 Å². The van der Waals surface area contributed by atoms with Crippen molar-refractivity contribution in [3.63, 3.8) is 0 Å². The van der Waals surface area contributed by atoms with Gasteiger partial charge in [-0.3, -0.25) is 0 Å². The molecule has 1 heterocycles. The lowest BCUT2D eigenvalue weighted by Gasteiger charge is -2.07. The van der Waals surface area contributed by atoms with E-state index in [1.807, 2.05) is 42.5 Å². The molecule has 0 unspecified atom stereocenters. The molecule has 0 saturated heterocycles. The molecule has 0 spiro atoms. The Morgan fingerprint density at radius 1 is 1.12 bits per heavy atom. The number of para-hydroxylation sites is 1. The third-order valence-corrected chi connectivity index (χ3v) is 3.65. The number of hydrogen-bond acceptors (Lipinski definition) is 4. The van der Waals surface area contributed by atoms with E-state index in [2.05, 4.69) is 5.92 Å². The molecule has 0 radical (unpaired) electrons. The monoisotopic (exact) mass is 332 g/mol. The van der Waals surface area contributed by atoms with Gasteiger partial charge in [0.2, 0.25) is 0 Å². The van der Waals surface area contributed by atoms with E-state index < -0.39 is 5.63 Å². The van der Waals surface area contributed by atoms with E-state index in [1.54, 1.807) is 19.2 Å². The van der Waals surface area contributed by atoms with Crippen LogP contribution in [0.4, 0.5) is 0 Å². The summed E-state index contributed by atoms with van der Waals surface area (Å²) < 4.78 is 16.0. The number of rotatable bonds is 5. The smallest absolute Gasteiger partial charge is 0.336 e. The Morgan fingerprint density at radius 2 is 1.92 bits per heavy atom. The lowest BCUT2D eigenvalue weighted by atomic mass is 10.1. The van der Waals surface area contributed by atoms with E-state index >= 15 is 0 Å². The molecule has 0 bridgehead atoms. The number of methoxy groups -OCH3 is 1. The number of benzene rings is 2. The second-order valence-corrected chi connectivity index (χ2v) is 5.25. The van der Waals surface area contributed by atoms with Crippen LogP contribution in [0.1, 0.15) is 11.1 Å². The zero-order valence-corrected chi connectivity index (χ0v) is 13.7. The van der Waals surface area contributed by atoms with E-state index in [4.69, 9.17) is 20.3 Å². The van der Waals surface area contributed by atoms with Crippen LogP contribution in [0, 0.1) is 12.3 Å². The van der Waals surface area contributed by atoms with Gasteiger partial charge in [-0.2, -0.15) is 0 Å². The van der Waals surface area contributed by atoms with Gasteiger partial charge in [-0.1, -0.05) is 36.3 Å². The third-order valence-electron chi connectivity index (χ3n) is 3.65. The van der Waals surface area contributed by atoms with Crippen LogP contribution in [0.25, 0.3) is 23.1 Å². The maximum atomic E-state index is 11.8. The SMILES string of the molecule is C#CCOc1ccccc1/C=C/c1cc(=O)oc2ccc(OC)cc12. The minimum Gasteiger partial charge on any atom is -0.497 e. The van der Waals surface area contributed by atoms with Crippen LogP contribution in [0.2, 0.25) is 0 Å². The molecule has 3 aromatic rings. The molecule has 0 amide bonds. The number of terminal acetylenes is 1. The van der Waals surface area contributed by atoms with E-state index in [-0.39, 0.29) is 6.61 Å². The van der Waals surface area contributed by atoms with Gasteiger partial charge in [0, 0.05) is 17.0 Å². The maximum Gasteiger partial charge on any atom is 0.336 e. The van der Waals surface area contributed by atoms with Crippen LogP contribution in [0.3, 0.4) is 0 Å². The molecule has 0 fully saturated rings. The van der Waals surface area contributed by atoms with Gasteiger partial charge in [0.15, 0.2) is 0 Å². The molecule has 0 N–H and O–H groups in total. The van der Waals surface area contributed by atoms with Crippen LogP contribution >= 0.6 is 0 Å². The molecule has 4 nitrogen and oxygen atoms in total. The molecule has 0 saturated carbocycles. The summed E-state index contributed by atoms with van der Waals surface area (Å²) in [7, 11) is 1.59. The van der Waals surface area contributed by atoms with Crippen molar-refractivity contribution in [2.75, 3.05) is 13.7 Å². The van der Waals surface area contributed by atoms with Gasteiger partial charge in [-0.15, -0.1) is 6.42 Å². The minimum absolute atomic E-state index is 0.194. The molecule has 0 atom stereocenters. The molecule has 3 rings (SSSR count). The van der Waals surface area contributed by atoms with Crippen LogP contribution in [0.5, 0.6) is 11.5 Å². The molecule has 124 valence electrons. The summed E-state index contributed by atoms with van der Waals surface area (Å²) >= 11 is 0. The Balaban J connectivity index is 2.05. The van der Waals surface area contributed by atoms with Crippen LogP contribution in [0.15, 0.2) is 57.7 Å². The highest BCUT2D eigenvalue weighted by atomic mass is 16.5. The van der Waals surface area contributed by atoms with Crippen LogP contribution in [-0.4, -0.2) is 13.7 Å². The molecule has 25 heavy (non-hydrogen) atoms. The Kier molecular flexibility index (Phi) is 4.87. The highest BCUT2D eigenvalue weighted by molar-refractivity contribution is 5.90. The van der Waals surface area contributed by atoms with Crippen molar-refractivity contribution >= 4 is 23.1 Å².